The highest BCUT2D eigenvalue weighted by Gasteiger charge is 2.20. The predicted molar refractivity (Wildman–Crippen MR) is 92.5 cm³/mol. The monoisotopic (exact) mass is 331 g/mol. The van der Waals surface area contributed by atoms with Gasteiger partial charge in [0.25, 0.3) is 0 Å². The highest BCUT2D eigenvalue weighted by molar-refractivity contribution is 6.18. The van der Waals surface area contributed by atoms with E-state index in [-0.39, 0.29) is 17.3 Å². The van der Waals surface area contributed by atoms with Crippen LogP contribution in [0.3, 0.4) is 0 Å². The number of benzene rings is 2. The van der Waals surface area contributed by atoms with E-state index in [0.29, 0.717) is 33.3 Å². The van der Waals surface area contributed by atoms with Crippen LogP contribution in [-0.4, -0.2) is 31.2 Å². The molecule has 6 heteroatoms. The zero-order valence-corrected chi connectivity index (χ0v) is 13.0. The summed E-state index contributed by atoms with van der Waals surface area (Å²) in [4.78, 5) is 15.8. The van der Waals surface area contributed by atoms with Gasteiger partial charge in [-0.15, -0.1) is 5.10 Å². The number of carbonyl (C=O) groups excluding carboxylic acids is 1. The molecule has 0 saturated heterocycles. The molecule has 122 valence electrons. The molecule has 0 aliphatic carbocycles. The van der Waals surface area contributed by atoms with Gasteiger partial charge in [0.05, 0.1) is 11.8 Å². The Bertz CT molecular complexity index is 1080. The molecule has 0 fully saturated rings. The third-order valence-corrected chi connectivity index (χ3v) is 4.04. The normalized spacial score (nSPS) is 10.9. The molecule has 0 unspecified atom stereocenters. The minimum Gasteiger partial charge on any atom is -0.508 e. The van der Waals surface area contributed by atoms with Crippen molar-refractivity contribution >= 4 is 16.8 Å². The van der Waals surface area contributed by atoms with Crippen LogP contribution in [0.15, 0.2) is 60.9 Å². The molecule has 4 aromatic rings. The molecular formula is C19H13N3O3. The maximum absolute atomic E-state index is 12.9. The van der Waals surface area contributed by atoms with E-state index in [4.69, 9.17) is 0 Å². The molecule has 0 amide bonds. The van der Waals surface area contributed by atoms with E-state index in [9.17, 15) is 15.0 Å². The van der Waals surface area contributed by atoms with Crippen molar-refractivity contribution in [1.29, 1.82) is 0 Å². The number of ketones is 1. The summed E-state index contributed by atoms with van der Waals surface area (Å²) in [5.74, 6) is -0.0202. The number of aromatic nitrogens is 3. The van der Waals surface area contributed by atoms with Crippen molar-refractivity contribution in [3.05, 3.63) is 72.1 Å². The summed E-state index contributed by atoms with van der Waals surface area (Å²) in [6.45, 7) is 0. The fraction of sp³-hybridized carbons (Fsp3) is 0. The van der Waals surface area contributed by atoms with Gasteiger partial charge in [0.15, 0.2) is 11.4 Å². The van der Waals surface area contributed by atoms with Crippen molar-refractivity contribution in [2.24, 2.45) is 0 Å². The van der Waals surface area contributed by atoms with Gasteiger partial charge in [-0.3, -0.25) is 4.79 Å². The highest BCUT2D eigenvalue weighted by atomic mass is 16.3. The lowest BCUT2D eigenvalue weighted by Gasteiger charge is -2.07. The Morgan fingerprint density at radius 1 is 0.960 bits per heavy atom. The Labute approximate surface area is 142 Å². The van der Waals surface area contributed by atoms with E-state index in [1.807, 2.05) is 0 Å². The van der Waals surface area contributed by atoms with Crippen molar-refractivity contribution in [2.45, 2.75) is 0 Å². The average molecular weight is 331 g/mol. The molecule has 3 N–H and O–H groups in total. The van der Waals surface area contributed by atoms with Crippen LogP contribution in [0.2, 0.25) is 0 Å². The molecular weight excluding hydrogens is 318 g/mol. The average Bonchev–Trinajstić information content (AvgIpc) is 3.06. The largest absolute Gasteiger partial charge is 0.508 e. The van der Waals surface area contributed by atoms with Crippen LogP contribution in [0, 0.1) is 0 Å². The fourth-order valence-electron chi connectivity index (χ4n) is 2.83. The first kappa shape index (κ1) is 14.9. The van der Waals surface area contributed by atoms with Gasteiger partial charge >= 0.3 is 0 Å². The van der Waals surface area contributed by atoms with Gasteiger partial charge in [-0.1, -0.05) is 18.2 Å². The number of phenols is 2. The van der Waals surface area contributed by atoms with Gasteiger partial charge in [0.1, 0.15) is 11.5 Å². The molecule has 25 heavy (non-hydrogen) atoms. The summed E-state index contributed by atoms with van der Waals surface area (Å²) >= 11 is 0. The number of fused-ring (bicyclic) bond motifs is 1. The number of nitrogens with one attached hydrogen (secondary N) is 1. The minimum absolute atomic E-state index is 0.0937. The Hall–Kier alpha value is -3.67. The SMILES string of the molecule is O=C(c1ccc(O)cc1)c1c[nH]c2nncc(-c3ccccc3O)c12. The number of carbonyl (C=O) groups is 1. The second-order valence-corrected chi connectivity index (χ2v) is 5.58. The van der Waals surface area contributed by atoms with Gasteiger partial charge in [0.2, 0.25) is 0 Å². The van der Waals surface area contributed by atoms with Crippen molar-refractivity contribution in [2.75, 3.05) is 0 Å². The number of hydrogen-bond acceptors (Lipinski definition) is 5. The topological polar surface area (TPSA) is 99.1 Å². The third-order valence-electron chi connectivity index (χ3n) is 4.04. The number of aromatic hydroxyl groups is 2. The number of hydrogen-bond donors (Lipinski definition) is 3. The molecule has 0 saturated carbocycles. The first-order valence-electron chi connectivity index (χ1n) is 7.60. The molecule has 0 aliphatic rings. The molecule has 4 rings (SSSR count). The third kappa shape index (κ3) is 2.49. The van der Waals surface area contributed by atoms with Gasteiger partial charge in [0, 0.05) is 28.3 Å². The number of H-pyrrole nitrogens is 1. The van der Waals surface area contributed by atoms with Gasteiger partial charge in [-0.2, -0.15) is 5.10 Å². The number of nitrogens with zero attached hydrogens (tertiary/aromatic N) is 2. The maximum Gasteiger partial charge on any atom is 0.195 e. The van der Waals surface area contributed by atoms with E-state index in [0.717, 1.165) is 0 Å². The molecule has 6 nitrogen and oxygen atoms in total. The summed E-state index contributed by atoms with van der Waals surface area (Å²) in [5, 5.41) is 28.1. The van der Waals surface area contributed by atoms with Crippen LogP contribution in [0.1, 0.15) is 15.9 Å². The fourth-order valence-corrected chi connectivity index (χ4v) is 2.83. The zero-order valence-electron chi connectivity index (χ0n) is 13.0. The van der Waals surface area contributed by atoms with Crippen LogP contribution >= 0.6 is 0 Å². The van der Waals surface area contributed by atoms with Crippen LogP contribution < -0.4 is 0 Å². The highest BCUT2D eigenvalue weighted by Crippen LogP contribution is 2.35. The van der Waals surface area contributed by atoms with E-state index in [2.05, 4.69) is 15.2 Å². The second kappa shape index (κ2) is 5.76. The van der Waals surface area contributed by atoms with Crippen LogP contribution in [-0.2, 0) is 0 Å². The van der Waals surface area contributed by atoms with Crippen LogP contribution in [0.4, 0.5) is 0 Å². The molecule has 0 spiro atoms. The minimum atomic E-state index is -0.212. The van der Waals surface area contributed by atoms with Gasteiger partial charge in [-0.05, 0) is 30.3 Å². The molecule has 2 aromatic carbocycles. The van der Waals surface area contributed by atoms with E-state index in [1.54, 1.807) is 42.6 Å². The van der Waals surface area contributed by atoms with Crippen molar-refractivity contribution in [3.63, 3.8) is 0 Å². The molecule has 0 atom stereocenters. The smallest absolute Gasteiger partial charge is 0.195 e. The lowest BCUT2D eigenvalue weighted by molar-refractivity contribution is 0.104. The lowest BCUT2D eigenvalue weighted by Crippen LogP contribution is -2.01. The number of rotatable bonds is 3. The van der Waals surface area contributed by atoms with E-state index in [1.165, 1.54) is 18.3 Å². The Morgan fingerprint density at radius 3 is 2.48 bits per heavy atom. The van der Waals surface area contributed by atoms with Crippen LogP contribution in [0.25, 0.3) is 22.2 Å². The number of para-hydroxylation sites is 1. The lowest BCUT2D eigenvalue weighted by atomic mass is 9.97. The quantitative estimate of drug-likeness (QED) is 0.500. The standard InChI is InChI=1S/C19H13N3O3/c23-12-7-5-11(6-8-12)18(25)15-9-20-19-17(15)14(10-21-22-19)13-3-1-2-4-16(13)24/h1-10,23-24H,(H,20,22). The van der Waals surface area contributed by atoms with Crippen molar-refractivity contribution in [3.8, 4) is 22.6 Å². The number of aromatic amines is 1. The summed E-state index contributed by atoms with van der Waals surface area (Å²) < 4.78 is 0. The first-order chi connectivity index (χ1) is 12.1. The zero-order chi connectivity index (χ0) is 17.4. The number of phenolic OH excluding ortho intramolecular Hbond substituents is 2. The first-order valence-corrected chi connectivity index (χ1v) is 7.60. The van der Waals surface area contributed by atoms with E-state index < -0.39 is 0 Å². The summed E-state index contributed by atoms with van der Waals surface area (Å²) in [6, 6.07) is 12.9. The second-order valence-electron chi connectivity index (χ2n) is 5.58. The van der Waals surface area contributed by atoms with Crippen molar-refractivity contribution in [1.82, 2.24) is 15.2 Å². The summed E-state index contributed by atoms with van der Waals surface area (Å²) in [6.07, 6.45) is 3.11. The molecule has 0 radical (unpaired) electrons. The van der Waals surface area contributed by atoms with Crippen LogP contribution in [0.5, 0.6) is 11.5 Å². The summed E-state index contributed by atoms with van der Waals surface area (Å²) in [7, 11) is 0. The van der Waals surface area contributed by atoms with Gasteiger partial charge < -0.3 is 15.2 Å². The van der Waals surface area contributed by atoms with Gasteiger partial charge in [-0.25, -0.2) is 0 Å². The Morgan fingerprint density at radius 2 is 1.72 bits per heavy atom. The molecule has 2 heterocycles. The Kier molecular flexibility index (Phi) is 3.43. The maximum atomic E-state index is 12.9. The molecule has 0 bridgehead atoms. The predicted octanol–water partition coefficient (Wildman–Crippen LogP) is 3.27. The molecule has 2 aromatic heterocycles. The van der Waals surface area contributed by atoms with Crippen molar-refractivity contribution < 1.29 is 15.0 Å². The molecule has 0 aliphatic heterocycles. The van der Waals surface area contributed by atoms with E-state index >= 15 is 0 Å². The Balaban J connectivity index is 1.93. The summed E-state index contributed by atoms with van der Waals surface area (Å²) in [5.41, 5.74) is 2.52.